The molecule has 0 spiro atoms. The third kappa shape index (κ3) is 3.98. The summed E-state index contributed by atoms with van der Waals surface area (Å²) in [5, 5.41) is 13.6. The summed E-state index contributed by atoms with van der Waals surface area (Å²) in [7, 11) is 1.67. The summed E-state index contributed by atoms with van der Waals surface area (Å²) in [6.07, 6.45) is 3.41. The van der Waals surface area contributed by atoms with Crippen LogP contribution in [0.4, 0.5) is 0 Å². The number of hydrogen-bond donors (Lipinski definition) is 0. The quantitative estimate of drug-likeness (QED) is 0.430. The fraction of sp³-hybridized carbons (Fsp3) is 0.346. The minimum atomic E-state index is 0.677. The molecule has 1 aliphatic heterocycles. The highest BCUT2D eigenvalue weighted by molar-refractivity contribution is 5.68. The van der Waals surface area contributed by atoms with Gasteiger partial charge in [0.25, 0.3) is 0 Å². The Morgan fingerprint density at radius 2 is 1.97 bits per heavy atom. The maximum atomic E-state index is 5.57. The third-order valence-electron chi connectivity index (χ3n) is 6.35. The van der Waals surface area contributed by atoms with Crippen LogP contribution in [0.1, 0.15) is 29.5 Å². The van der Waals surface area contributed by atoms with Gasteiger partial charge >= 0.3 is 0 Å². The molecule has 0 N–H and O–H groups in total. The van der Waals surface area contributed by atoms with Gasteiger partial charge in [-0.15, -0.1) is 10.2 Å². The highest BCUT2D eigenvalue weighted by atomic mass is 16.5. The van der Waals surface area contributed by atoms with Gasteiger partial charge in [-0.05, 0) is 80.5 Å². The van der Waals surface area contributed by atoms with Crippen molar-refractivity contribution < 1.29 is 9.47 Å². The van der Waals surface area contributed by atoms with E-state index in [0.29, 0.717) is 17.4 Å². The van der Waals surface area contributed by atoms with E-state index in [1.54, 1.807) is 7.11 Å². The highest BCUT2D eigenvalue weighted by Gasteiger charge is 2.17. The summed E-state index contributed by atoms with van der Waals surface area (Å²) in [6, 6.07) is 16.6. The first-order chi connectivity index (χ1) is 15.6. The largest absolute Gasteiger partial charge is 0.496 e. The zero-order valence-electron chi connectivity index (χ0n) is 18.8. The summed E-state index contributed by atoms with van der Waals surface area (Å²) in [5.41, 5.74) is 7.42. The summed E-state index contributed by atoms with van der Waals surface area (Å²) >= 11 is 0. The maximum absolute atomic E-state index is 5.57. The number of fused-ring (bicyclic) bond motifs is 1. The molecule has 0 amide bonds. The number of rotatable bonds is 6. The molecule has 2 aromatic carbocycles. The van der Waals surface area contributed by atoms with Crippen LogP contribution in [0.25, 0.3) is 28.3 Å². The first-order valence-corrected chi connectivity index (χ1v) is 11.2. The molecule has 1 saturated heterocycles. The Kier molecular flexibility index (Phi) is 5.62. The second-order valence-corrected chi connectivity index (χ2v) is 8.63. The van der Waals surface area contributed by atoms with E-state index in [1.807, 2.05) is 28.8 Å². The lowest BCUT2D eigenvalue weighted by molar-refractivity contribution is 0.184. The van der Waals surface area contributed by atoms with Gasteiger partial charge in [-0.2, -0.15) is 9.61 Å². The number of hydrogen-bond acceptors (Lipinski definition) is 5. The lowest BCUT2D eigenvalue weighted by Crippen LogP contribution is -2.03. The van der Waals surface area contributed by atoms with Crippen LogP contribution in [0.2, 0.25) is 0 Å². The van der Waals surface area contributed by atoms with Crippen LogP contribution >= 0.6 is 0 Å². The topological polar surface area (TPSA) is 61.5 Å². The lowest BCUT2D eigenvalue weighted by atomic mass is 9.94. The summed E-state index contributed by atoms with van der Waals surface area (Å²) in [6.45, 7) is 6.04. The SMILES string of the molecule is COc1ccc(C)cc1-c1nnc2ccc(-c3ccc(C)c(CC[C@H]4CCOC4)c3)nn12. The zero-order valence-corrected chi connectivity index (χ0v) is 18.8. The molecule has 164 valence electrons. The van der Waals surface area contributed by atoms with Gasteiger partial charge in [0.1, 0.15) is 5.75 Å². The molecule has 0 unspecified atom stereocenters. The van der Waals surface area contributed by atoms with E-state index in [-0.39, 0.29) is 0 Å². The van der Waals surface area contributed by atoms with Gasteiger partial charge in [-0.3, -0.25) is 0 Å². The molecule has 4 aromatic rings. The van der Waals surface area contributed by atoms with E-state index < -0.39 is 0 Å². The molecule has 1 aliphatic rings. The van der Waals surface area contributed by atoms with Gasteiger partial charge in [0.15, 0.2) is 11.5 Å². The molecule has 1 atom stereocenters. The number of aryl methyl sites for hydroxylation is 3. The minimum absolute atomic E-state index is 0.677. The third-order valence-corrected chi connectivity index (χ3v) is 6.35. The van der Waals surface area contributed by atoms with Gasteiger partial charge < -0.3 is 9.47 Å². The van der Waals surface area contributed by atoms with E-state index >= 15 is 0 Å². The first-order valence-electron chi connectivity index (χ1n) is 11.2. The number of aromatic nitrogens is 4. The number of methoxy groups -OCH3 is 1. The van der Waals surface area contributed by atoms with Crippen molar-refractivity contribution in [1.82, 2.24) is 19.8 Å². The second kappa shape index (κ2) is 8.71. The monoisotopic (exact) mass is 428 g/mol. The van der Waals surface area contributed by atoms with Crippen molar-refractivity contribution in [2.24, 2.45) is 5.92 Å². The van der Waals surface area contributed by atoms with Gasteiger partial charge in [0.05, 0.1) is 18.4 Å². The Morgan fingerprint density at radius 1 is 1.06 bits per heavy atom. The van der Waals surface area contributed by atoms with Crippen LogP contribution in [0.3, 0.4) is 0 Å². The van der Waals surface area contributed by atoms with Crippen LogP contribution in [-0.4, -0.2) is 40.1 Å². The van der Waals surface area contributed by atoms with Crippen LogP contribution in [0.15, 0.2) is 48.5 Å². The second-order valence-electron chi connectivity index (χ2n) is 8.63. The molecule has 3 heterocycles. The van der Waals surface area contributed by atoms with E-state index in [2.05, 4.69) is 48.3 Å². The molecular formula is C26H28N4O2. The van der Waals surface area contributed by atoms with Gasteiger partial charge in [-0.25, -0.2) is 0 Å². The van der Waals surface area contributed by atoms with Crippen LogP contribution in [-0.2, 0) is 11.2 Å². The molecule has 6 nitrogen and oxygen atoms in total. The average Bonchev–Trinajstić information content (AvgIpc) is 3.48. The Bertz CT molecular complexity index is 1260. The number of ether oxygens (including phenoxy) is 2. The molecule has 32 heavy (non-hydrogen) atoms. The standard InChI is InChI=1S/C26H28N4O2/c1-17-4-10-24(31-3)22(14-17)26-28-27-25-11-9-23(29-30(25)26)21-7-5-18(2)20(15-21)8-6-19-12-13-32-16-19/h4-5,7,9-11,14-15,19H,6,8,12-13,16H2,1-3H3/t19-/m0/s1. The van der Waals surface area contributed by atoms with Crippen molar-refractivity contribution in [2.75, 3.05) is 20.3 Å². The van der Waals surface area contributed by atoms with Gasteiger partial charge in [0.2, 0.25) is 0 Å². The Morgan fingerprint density at radius 3 is 2.78 bits per heavy atom. The highest BCUT2D eigenvalue weighted by Crippen LogP contribution is 2.30. The number of benzene rings is 2. The molecule has 0 saturated carbocycles. The molecule has 0 bridgehead atoms. The average molecular weight is 429 g/mol. The molecule has 6 heteroatoms. The fourth-order valence-electron chi connectivity index (χ4n) is 4.38. The van der Waals surface area contributed by atoms with Crippen molar-refractivity contribution >= 4 is 5.65 Å². The fourth-order valence-corrected chi connectivity index (χ4v) is 4.38. The van der Waals surface area contributed by atoms with E-state index in [4.69, 9.17) is 14.6 Å². The summed E-state index contributed by atoms with van der Waals surface area (Å²) in [4.78, 5) is 0. The predicted octanol–water partition coefficient (Wildman–Crippen LogP) is 5.05. The minimum Gasteiger partial charge on any atom is -0.496 e. The summed E-state index contributed by atoms with van der Waals surface area (Å²) < 4.78 is 12.9. The van der Waals surface area contributed by atoms with E-state index in [9.17, 15) is 0 Å². The molecule has 1 fully saturated rings. The lowest BCUT2D eigenvalue weighted by Gasteiger charge is -2.12. The molecule has 0 aliphatic carbocycles. The predicted molar refractivity (Wildman–Crippen MR) is 125 cm³/mol. The molecule has 2 aromatic heterocycles. The van der Waals surface area contributed by atoms with Gasteiger partial charge in [-0.1, -0.05) is 23.8 Å². The zero-order chi connectivity index (χ0) is 22.1. The summed E-state index contributed by atoms with van der Waals surface area (Å²) in [5.74, 6) is 2.11. The Labute approximate surface area is 188 Å². The Balaban J connectivity index is 1.51. The molecule has 5 rings (SSSR count). The van der Waals surface area contributed by atoms with Crippen molar-refractivity contribution in [3.63, 3.8) is 0 Å². The van der Waals surface area contributed by atoms with Crippen molar-refractivity contribution in [1.29, 1.82) is 0 Å². The van der Waals surface area contributed by atoms with Crippen LogP contribution in [0, 0.1) is 19.8 Å². The van der Waals surface area contributed by atoms with E-state index in [1.165, 1.54) is 24.0 Å². The Hall–Kier alpha value is -3.25. The van der Waals surface area contributed by atoms with Gasteiger partial charge in [0, 0.05) is 18.8 Å². The smallest absolute Gasteiger partial charge is 0.189 e. The number of nitrogens with zero attached hydrogens (tertiary/aromatic N) is 4. The van der Waals surface area contributed by atoms with Crippen molar-refractivity contribution in [3.8, 4) is 28.4 Å². The normalized spacial score (nSPS) is 16.0. The first kappa shape index (κ1) is 20.6. The maximum Gasteiger partial charge on any atom is 0.189 e. The van der Waals surface area contributed by atoms with Crippen molar-refractivity contribution in [2.45, 2.75) is 33.1 Å². The van der Waals surface area contributed by atoms with Crippen molar-refractivity contribution in [3.05, 3.63) is 65.2 Å². The molecular weight excluding hydrogens is 400 g/mol. The van der Waals surface area contributed by atoms with E-state index in [0.717, 1.165) is 47.8 Å². The molecule has 0 radical (unpaired) electrons. The van der Waals surface area contributed by atoms with Crippen LogP contribution < -0.4 is 4.74 Å². The van der Waals surface area contributed by atoms with Crippen LogP contribution in [0.5, 0.6) is 5.75 Å².